The zero-order valence-electron chi connectivity index (χ0n) is 11.7. The normalized spacial score (nSPS) is 12.6. The summed E-state index contributed by atoms with van der Waals surface area (Å²) in [6, 6.07) is 10.1. The van der Waals surface area contributed by atoms with Gasteiger partial charge in [0.05, 0.1) is 6.04 Å². The molecule has 1 atom stereocenters. The van der Waals surface area contributed by atoms with Crippen LogP contribution in [0.1, 0.15) is 43.4 Å². The minimum atomic E-state index is 0.0326. The highest BCUT2D eigenvalue weighted by molar-refractivity contribution is 9.10. The Morgan fingerprint density at radius 2 is 2.05 bits per heavy atom. The SMILES string of the molecule is CCCNC(c1cc(Cl)cc(Br)c1)c1ccc(CC)o1. The quantitative estimate of drug-likeness (QED) is 0.755. The maximum Gasteiger partial charge on any atom is 0.125 e. The third kappa shape index (κ3) is 3.87. The van der Waals surface area contributed by atoms with E-state index in [1.165, 1.54) is 0 Å². The van der Waals surface area contributed by atoms with E-state index >= 15 is 0 Å². The Hall–Kier alpha value is -0.770. The Morgan fingerprint density at radius 3 is 2.65 bits per heavy atom. The summed E-state index contributed by atoms with van der Waals surface area (Å²) in [6.45, 7) is 5.17. The molecule has 1 unspecified atom stereocenters. The van der Waals surface area contributed by atoms with Gasteiger partial charge in [0.1, 0.15) is 11.5 Å². The van der Waals surface area contributed by atoms with Gasteiger partial charge < -0.3 is 9.73 Å². The third-order valence-electron chi connectivity index (χ3n) is 3.13. The molecule has 1 aromatic heterocycles. The Bertz CT molecular complexity index is 547. The number of hydrogen-bond acceptors (Lipinski definition) is 2. The minimum Gasteiger partial charge on any atom is -0.464 e. The number of furan rings is 1. The van der Waals surface area contributed by atoms with Crippen molar-refractivity contribution in [3.8, 4) is 0 Å². The van der Waals surface area contributed by atoms with Gasteiger partial charge in [0.25, 0.3) is 0 Å². The summed E-state index contributed by atoms with van der Waals surface area (Å²) in [4.78, 5) is 0. The fourth-order valence-corrected chi connectivity index (χ4v) is 3.04. The molecule has 0 aliphatic carbocycles. The Morgan fingerprint density at radius 1 is 1.25 bits per heavy atom. The zero-order chi connectivity index (χ0) is 14.5. The largest absolute Gasteiger partial charge is 0.464 e. The topological polar surface area (TPSA) is 25.2 Å². The average molecular weight is 357 g/mol. The summed E-state index contributed by atoms with van der Waals surface area (Å²) in [7, 11) is 0. The van der Waals surface area contributed by atoms with Crippen LogP contribution in [0.2, 0.25) is 5.02 Å². The van der Waals surface area contributed by atoms with E-state index < -0.39 is 0 Å². The van der Waals surface area contributed by atoms with E-state index in [-0.39, 0.29) is 6.04 Å². The van der Waals surface area contributed by atoms with Gasteiger partial charge >= 0.3 is 0 Å². The molecule has 0 bridgehead atoms. The molecule has 1 heterocycles. The van der Waals surface area contributed by atoms with Crippen LogP contribution in [-0.2, 0) is 6.42 Å². The van der Waals surface area contributed by atoms with Crippen molar-refractivity contribution in [2.75, 3.05) is 6.54 Å². The van der Waals surface area contributed by atoms with Crippen LogP contribution in [0.4, 0.5) is 0 Å². The van der Waals surface area contributed by atoms with Crippen molar-refractivity contribution in [2.45, 2.75) is 32.7 Å². The van der Waals surface area contributed by atoms with E-state index in [0.717, 1.165) is 46.0 Å². The van der Waals surface area contributed by atoms with Crippen molar-refractivity contribution >= 4 is 27.5 Å². The second kappa shape index (κ2) is 7.30. The summed E-state index contributed by atoms with van der Waals surface area (Å²) in [5.41, 5.74) is 1.11. The minimum absolute atomic E-state index is 0.0326. The molecule has 0 aliphatic heterocycles. The molecule has 108 valence electrons. The molecule has 0 saturated carbocycles. The van der Waals surface area contributed by atoms with Gasteiger partial charge in [0.2, 0.25) is 0 Å². The maximum absolute atomic E-state index is 6.16. The number of halogens is 2. The molecule has 0 amide bonds. The second-order valence-corrected chi connectivity index (χ2v) is 6.10. The van der Waals surface area contributed by atoms with Crippen molar-refractivity contribution in [2.24, 2.45) is 0 Å². The highest BCUT2D eigenvalue weighted by Gasteiger charge is 2.18. The van der Waals surface area contributed by atoms with Crippen LogP contribution in [0.25, 0.3) is 0 Å². The predicted molar refractivity (Wildman–Crippen MR) is 87.4 cm³/mol. The number of rotatable bonds is 6. The molecular weight excluding hydrogens is 338 g/mol. The third-order valence-corrected chi connectivity index (χ3v) is 3.81. The predicted octanol–water partition coefficient (Wildman–Crippen LogP) is 5.35. The average Bonchev–Trinajstić information content (AvgIpc) is 2.87. The van der Waals surface area contributed by atoms with E-state index in [0.29, 0.717) is 0 Å². The first-order valence-corrected chi connectivity index (χ1v) is 8.09. The van der Waals surface area contributed by atoms with Gasteiger partial charge in [0, 0.05) is 15.9 Å². The Kier molecular flexibility index (Phi) is 5.70. The second-order valence-electron chi connectivity index (χ2n) is 4.75. The summed E-state index contributed by atoms with van der Waals surface area (Å²) in [5, 5.41) is 4.24. The number of aryl methyl sites for hydroxylation is 1. The van der Waals surface area contributed by atoms with Crippen molar-refractivity contribution in [1.29, 1.82) is 0 Å². The van der Waals surface area contributed by atoms with Gasteiger partial charge in [0.15, 0.2) is 0 Å². The van der Waals surface area contributed by atoms with Gasteiger partial charge in [-0.1, -0.05) is 41.4 Å². The zero-order valence-corrected chi connectivity index (χ0v) is 14.1. The van der Waals surface area contributed by atoms with Crippen LogP contribution >= 0.6 is 27.5 Å². The monoisotopic (exact) mass is 355 g/mol. The molecule has 1 aromatic carbocycles. The first kappa shape index (κ1) is 15.6. The molecule has 2 rings (SSSR count). The first-order chi connectivity index (χ1) is 9.63. The molecule has 0 aliphatic rings. The first-order valence-electron chi connectivity index (χ1n) is 6.92. The summed E-state index contributed by atoms with van der Waals surface area (Å²) in [6.07, 6.45) is 1.97. The Labute approximate surface area is 133 Å². The van der Waals surface area contributed by atoms with Crippen molar-refractivity contribution in [3.05, 3.63) is 56.9 Å². The lowest BCUT2D eigenvalue weighted by Crippen LogP contribution is -2.22. The summed E-state index contributed by atoms with van der Waals surface area (Å²) in [5.74, 6) is 1.94. The van der Waals surface area contributed by atoms with Gasteiger partial charge in [-0.2, -0.15) is 0 Å². The van der Waals surface area contributed by atoms with E-state index in [1.807, 2.05) is 24.3 Å². The van der Waals surface area contributed by atoms with Crippen molar-refractivity contribution < 1.29 is 4.42 Å². The van der Waals surface area contributed by atoms with E-state index in [1.54, 1.807) is 0 Å². The number of nitrogens with one attached hydrogen (secondary N) is 1. The molecule has 0 radical (unpaired) electrons. The van der Waals surface area contributed by atoms with Gasteiger partial charge in [-0.25, -0.2) is 0 Å². The van der Waals surface area contributed by atoms with Crippen molar-refractivity contribution in [1.82, 2.24) is 5.32 Å². The van der Waals surface area contributed by atoms with Crippen LogP contribution in [0, 0.1) is 0 Å². The van der Waals surface area contributed by atoms with Gasteiger partial charge in [-0.3, -0.25) is 0 Å². The number of benzene rings is 1. The molecule has 1 N–H and O–H groups in total. The standard InChI is InChI=1S/C16H19BrClNO/c1-3-7-19-16(15-6-5-14(4-2)20-15)11-8-12(17)10-13(18)9-11/h5-6,8-10,16,19H,3-4,7H2,1-2H3. The lowest BCUT2D eigenvalue weighted by molar-refractivity contribution is 0.422. The molecule has 2 nitrogen and oxygen atoms in total. The maximum atomic E-state index is 6.16. The van der Waals surface area contributed by atoms with E-state index in [4.69, 9.17) is 16.0 Å². The molecule has 0 spiro atoms. The van der Waals surface area contributed by atoms with Gasteiger partial charge in [-0.15, -0.1) is 0 Å². The van der Waals surface area contributed by atoms with Crippen LogP contribution < -0.4 is 5.32 Å². The summed E-state index contributed by atoms with van der Waals surface area (Å²) >= 11 is 9.66. The highest BCUT2D eigenvalue weighted by Crippen LogP contribution is 2.29. The van der Waals surface area contributed by atoms with Crippen LogP contribution in [0.3, 0.4) is 0 Å². The molecule has 2 aromatic rings. The molecular formula is C16H19BrClNO. The summed E-state index contributed by atoms with van der Waals surface area (Å²) < 4.78 is 6.88. The number of hydrogen-bond donors (Lipinski definition) is 1. The smallest absolute Gasteiger partial charge is 0.125 e. The Balaban J connectivity index is 2.35. The molecule has 0 saturated heterocycles. The van der Waals surface area contributed by atoms with E-state index in [9.17, 15) is 0 Å². The van der Waals surface area contributed by atoms with E-state index in [2.05, 4.69) is 41.2 Å². The van der Waals surface area contributed by atoms with Crippen LogP contribution in [-0.4, -0.2) is 6.54 Å². The van der Waals surface area contributed by atoms with Crippen molar-refractivity contribution in [3.63, 3.8) is 0 Å². The fraction of sp³-hybridized carbons (Fsp3) is 0.375. The highest BCUT2D eigenvalue weighted by atomic mass is 79.9. The fourth-order valence-electron chi connectivity index (χ4n) is 2.15. The lowest BCUT2D eigenvalue weighted by Gasteiger charge is -2.17. The van der Waals surface area contributed by atoms with Crippen LogP contribution in [0.5, 0.6) is 0 Å². The molecule has 4 heteroatoms. The molecule has 0 fully saturated rings. The van der Waals surface area contributed by atoms with Crippen LogP contribution in [0.15, 0.2) is 39.2 Å². The van der Waals surface area contributed by atoms with Gasteiger partial charge in [-0.05, 0) is 48.9 Å². The lowest BCUT2D eigenvalue weighted by atomic mass is 10.0. The molecule has 20 heavy (non-hydrogen) atoms.